The van der Waals surface area contributed by atoms with E-state index in [9.17, 15) is 13.2 Å². The monoisotopic (exact) mass is 478 g/mol. The highest BCUT2D eigenvalue weighted by molar-refractivity contribution is 7.90. The number of carbonyl (C=O) groups excluding carboxylic acids is 1. The fraction of sp³-hybridized carbons (Fsp3) is 0.192. The zero-order valence-corrected chi connectivity index (χ0v) is 19.8. The van der Waals surface area contributed by atoms with E-state index in [2.05, 4.69) is 11.1 Å². The largest absolute Gasteiger partial charge is 0.356 e. The van der Waals surface area contributed by atoms with Gasteiger partial charge in [-0.2, -0.15) is 0 Å². The maximum atomic E-state index is 13.7. The highest BCUT2D eigenvalue weighted by Crippen LogP contribution is 2.45. The second kappa shape index (κ2) is 8.04. The number of aromatic nitrogens is 1. The minimum atomic E-state index is -3.42. The number of hydrogen-bond acceptors (Lipinski definition) is 3. The molecule has 33 heavy (non-hydrogen) atoms. The Morgan fingerprint density at radius 3 is 2.52 bits per heavy atom. The van der Waals surface area contributed by atoms with Crippen molar-refractivity contribution in [1.82, 2.24) is 9.88 Å². The molecule has 168 valence electrons. The van der Waals surface area contributed by atoms with Gasteiger partial charge in [0, 0.05) is 45.9 Å². The lowest BCUT2D eigenvalue weighted by atomic mass is 9.83. The second-order valence-corrected chi connectivity index (χ2v) is 10.9. The first-order chi connectivity index (χ1) is 15.8. The van der Waals surface area contributed by atoms with Gasteiger partial charge in [-0.15, -0.1) is 0 Å². The summed E-state index contributed by atoms with van der Waals surface area (Å²) >= 11 is 6.61. The molecule has 1 N–H and O–H groups in total. The fourth-order valence-corrected chi connectivity index (χ4v) is 5.72. The molecule has 5 nitrogen and oxygen atoms in total. The van der Waals surface area contributed by atoms with Gasteiger partial charge in [-0.25, -0.2) is 8.42 Å². The summed E-state index contributed by atoms with van der Waals surface area (Å²) in [6.07, 6.45) is 1.14. The Kier molecular flexibility index (Phi) is 5.30. The molecule has 0 aliphatic carbocycles. The summed E-state index contributed by atoms with van der Waals surface area (Å²) in [7, 11) is -3.42. The lowest BCUT2D eigenvalue weighted by Gasteiger charge is -2.38. The molecule has 0 saturated heterocycles. The number of aromatic amines is 1. The van der Waals surface area contributed by atoms with E-state index in [-0.39, 0.29) is 22.8 Å². The van der Waals surface area contributed by atoms with Gasteiger partial charge >= 0.3 is 0 Å². The van der Waals surface area contributed by atoms with Gasteiger partial charge in [0.2, 0.25) is 0 Å². The van der Waals surface area contributed by atoms with Crippen molar-refractivity contribution >= 4 is 38.2 Å². The first kappa shape index (κ1) is 21.7. The molecule has 1 aliphatic rings. The Morgan fingerprint density at radius 1 is 1.03 bits per heavy atom. The van der Waals surface area contributed by atoms with Gasteiger partial charge in [0.15, 0.2) is 9.84 Å². The van der Waals surface area contributed by atoms with Crippen LogP contribution >= 0.6 is 11.6 Å². The van der Waals surface area contributed by atoms with Crippen molar-refractivity contribution in [2.45, 2.75) is 23.8 Å². The molecule has 7 heteroatoms. The van der Waals surface area contributed by atoms with Crippen LogP contribution in [-0.2, 0) is 9.84 Å². The van der Waals surface area contributed by atoms with Crippen molar-refractivity contribution in [1.29, 1.82) is 0 Å². The third kappa shape index (κ3) is 3.73. The second-order valence-electron chi connectivity index (χ2n) is 8.51. The van der Waals surface area contributed by atoms with Gasteiger partial charge in [-0.1, -0.05) is 54.1 Å². The number of nitrogens with zero attached hydrogens (tertiary/aromatic N) is 1. The maximum Gasteiger partial charge on any atom is 0.254 e. The molecule has 2 heterocycles. The van der Waals surface area contributed by atoms with Crippen LogP contribution in [0.5, 0.6) is 0 Å². The number of amides is 1. The van der Waals surface area contributed by atoms with Crippen LogP contribution in [0.3, 0.4) is 0 Å². The Balaban J connectivity index is 1.65. The van der Waals surface area contributed by atoms with Crippen molar-refractivity contribution in [3.05, 3.63) is 100 Å². The topological polar surface area (TPSA) is 70.2 Å². The third-order valence-electron chi connectivity index (χ3n) is 6.44. The smallest absolute Gasteiger partial charge is 0.254 e. The van der Waals surface area contributed by atoms with Crippen LogP contribution in [0.15, 0.2) is 77.7 Å². The van der Waals surface area contributed by atoms with Crippen molar-refractivity contribution in [3.8, 4) is 0 Å². The molecule has 3 aromatic carbocycles. The molecule has 1 aromatic heterocycles. The number of carbonyl (C=O) groups is 1. The molecule has 0 bridgehead atoms. The van der Waals surface area contributed by atoms with Gasteiger partial charge in [0.05, 0.1) is 10.9 Å². The SMILES string of the molecule is CC1c2[nH]c3ccccc3c2C(c2ccccc2Cl)CN1C(=O)c1cccc(S(C)(=O)=O)c1. The molecule has 5 rings (SSSR count). The Labute approximate surface area is 197 Å². The standard InChI is InChI=1S/C26H23ClN2O3S/c1-16-25-24(20-11-4-6-13-23(20)28-25)21(19-10-3-5-12-22(19)27)15-29(16)26(30)17-8-7-9-18(14-17)33(2,31)32/h3-14,16,21,28H,15H2,1-2H3. The van der Waals surface area contributed by atoms with Crippen LogP contribution in [0.2, 0.25) is 5.02 Å². The summed E-state index contributed by atoms with van der Waals surface area (Å²) in [5, 5.41) is 1.77. The zero-order valence-electron chi connectivity index (χ0n) is 18.2. The van der Waals surface area contributed by atoms with Crippen molar-refractivity contribution < 1.29 is 13.2 Å². The third-order valence-corrected chi connectivity index (χ3v) is 7.89. The average molecular weight is 479 g/mol. The number of benzene rings is 3. The van der Waals surface area contributed by atoms with Gasteiger partial charge < -0.3 is 9.88 Å². The van der Waals surface area contributed by atoms with Crippen molar-refractivity contribution in [2.24, 2.45) is 0 Å². The lowest BCUT2D eigenvalue weighted by Crippen LogP contribution is -2.41. The molecule has 1 aliphatic heterocycles. The fourth-order valence-electron chi connectivity index (χ4n) is 4.79. The predicted molar refractivity (Wildman–Crippen MR) is 131 cm³/mol. The molecule has 0 saturated carbocycles. The van der Waals surface area contributed by atoms with E-state index in [1.165, 1.54) is 12.1 Å². The minimum Gasteiger partial charge on any atom is -0.356 e. The molecular weight excluding hydrogens is 456 g/mol. The first-order valence-electron chi connectivity index (χ1n) is 10.7. The van der Waals surface area contributed by atoms with E-state index in [1.807, 2.05) is 49.4 Å². The summed E-state index contributed by atoms with van der Waals surface area (Å²) in [6.45, 7) is 2.43. The summed E-state index contributed by atoms with van der Waals surface area (Å²) in [6, 6.07) is 21.9. The average Bonchev–Trinajstić information content (AvgIpc) is 3.20. The number of sulfone groups is 1. The highest BCUT2D eigenvalue weighted by Gasteiger charge is 2.38. The predicted octanol–water partition coefficient (Wildman–Crippen LogP) is 5.57. The van der Waals surface area contributed by atoms with E-state index >= 15 is 0 Å². The summed E-state index contributed by atoms with van der Waals surface area (Å²) < 4.78 is 24.1. The van der Waals surface area contributed by atoms with Gasteiger partial charge in [-0.3, -0.25) is 4.79 Å². The molecular formula is C26H23ClN2O3S. The zero-order chi connectivity index (χ0) is 23.3. The minimum absolute atomic E-state index is 0.122. The molecule has 2 atom stereocenters. The molecule has 0 fully saturated rings. The normalized spacial score (nSPS) is 18.3. The van der Waals surface area contributed by atoms with Crippen LogP contribution in [0.25, 0.3) is 10.9 Å². The molecule has 2 unspecified atom stereocenters. The summed E-state index contributed by atoms with van der Waals surface area (Å²) in [5.41, 5.74) is 4.45. The van der Waals surface area contributed by atoms with Crippen LogP contribution in [0.1, 0.15) is 46.1 Å². The first-order valence-corrected chi connectivity index (χ1v) is 13.0. The molecule has 0 radical (unpaired) electrons. The van der Waals surface area contributed by atoms with Crippen LogP contribution in [0.4, 0.5) is 0 Å². The number of fused-ring (bicyclic) bond motifs is 3. The Bertz CT molecular complexity index is 1490. The summed E-state index contributed by atoms with van der Waals surface area (Å²) in [4.78, 5) is 19.1. The number of para-hydroxylation sites is 1. The number of H-pyrrole nitrogens is 1. The van der Waals surface area contributed by atoms with Crippen LogP contribution < -0.4 is 0 Å². The van der Waals surface area contributed by atoms with E-state index in [0.717, 1.165) is 34.0 Å². The van der Waals surface area contributed by atoms with E-state index in [4.69, 9.17) is 11.6 Å². The number of rotatable bonds is 3. The van der Waals surface area contributed by atoms with Crippen molar-refractivity contribution in [2.75, 3.05) is 12.8 Å². The Morgan fingerprint density at radius 2 is 1.76 bits per heavy atom. The van der Waals surface area contributed by atoms with Crippen molar-refractivity contribution in [3.63, 3.8) is 0 Å². The molecule has 1 amide bonds. The number of halogens is 1. The van der Waals surface area contributed by atoms with E-state index in [1.54, 1.807) is 17.0 Å². The Hall–Kier alpha value is -3.09. The van der Waals surface area contributed by atoms with E-state index < -0.39 is 9.84 Å². The van der Waals surface area contributed by atoms with Crippen LogP contribution in [-0.4, -0.2) is 37.0 Å². The molecule has 4 aromatic rings. The van der Waals surface area contributed by atoms with Gasteiger partial charge in [0.25, 0.3) is 5.91 Å². The number of nitrogens with one attached hydrogen (secondary N) is 1. The quantitative estimate of drug-likeness (QED) is 0.418. The lowest BCUT2D eigenvalue weighted by molar-refractivity contribution is 0.0662. The number of hydrogen-bond donors (Lipinski definition) is 1. The highest BCUT2D eigenvalue weighted by atomic mass is 35.5. The maximum absolute atomic E-state index is 13.7. The molecule has 0 spiro atoms. The van der Waals surface area contributed by atoms with Gasteiger partial charge in [-0.05, 0) is 48.4 Å². The summed E-state index contributed by atoms with van der Waals surface area (Å²) in [5.74, 6) is -0.336. The van der Waals surface area contributed by atoms with E-state index in [0.29, 0.717) is 17.1 Å². The van der Waals surface area contributed by atoms with Gasteiger partial charge in [0.1, 0.15) is 0 Å². The van der Waals surface area contributed by atoms with Crippen LogP contribution in [0, 0.1) is 0 Å².